The maximum Gasteiger partial charge on any atom is 0.407 e. The lowest BCUT2D eigenvalue weighted by Gasteiger charge is -2.22. The number of nitro groups is 1. The molecule has 29 heavy (non-hydrogen) atoms. The highest BCUT2D eigenvalue weighted by Crippen LogP contribution is 2.38. The number of imidazole rings is 1. The summed E-state index contributed by atoms with van der Waals surface area (Å²) in [5.74, 6) is 1.07. The number of carbonyl (C=O) groups is 1. The molecular weight excluding hydrogens is 374 g/mol. The molecule has 0 radical (unpaired) electrons. The second-order valence-electron chi connectivity index (χ2n) is 8.82. The van der Waals surface area contributed by atoms with E-state index in [9.17, 15) is 14.9 Å². The van der Waals surface area contributed by atoms with Gasteiger partial charge in [-0.2, -0.15) is 0 Å². The van der Waals surface area contributed by atoms with Crippen molar-refractivity contribution in [1.29, 1.82) is 0 Å². The van der Waals surface area contributed by atoms with Crippen LogP contribution in [0, 0.1) is 10.1 Å². The number of fused-ring (bicyclic) bond motifs is 1. The number of hydrogen-bond donors (Lipinski definition) is 1. The number of ether oxygens (including phenoxy) is 1. The van der Waals surface area contributed by atoms with Crippen molar-refractivity contribution < 1.29 is 14.5 Å². The van der Waals surface area contributed by atoms with Crippen LogP contribution in [0.25, 0.3) is 11.0 Å². The number of nitrogens with zero attached hydrogens (tertiary/aromatic N) is 4. The Bertz CT molecular complexity index is 944. The summed E-state index contributed by atoms with van der Waals surface area (Å²) in [6.45, 7) is 10.6. The molecule has 1 aromatic heterocycles. The molecule has 0 aliphatic carbocycles. The van der Waals surface area contributed by atoms with Crippen LogP contribution < -0.4 is 10.2 Å². The fourth-order valence-corrected chi connectivity index (χ4v) is 3.78. The first-order valence-corrected chi connectivity index (χ1v) is 9.86. The van der Waals surface area contributed by atoms with Crippen molar-refractivity contribution >= 4 is 28.5 Å². The lowest BCUT2D eigenvalue weighted by atomic mass is 10.2. The van der Waals surface area contributed by atoms with Crippen molar-refractivity contribution in [3.63, 3.8) is 0 Å². The van der Waals surface area contributed by atoms with Crippen molar-refractivity contribution in [2.24, 2.45) is 7.05 Å². The number of hydrogen-bond acceptors (Lipinski definition) is 6. The number of carbonyl (C=O) groups excluding carboxylic acids is 1. The molecule has 1 aliphatic rings. The molecule has 0 saturated carbocycles. The normalized spacial score (nSPS) is 17.2. The predicted molar refractivity (Wildman–Crippen MR) is 111 cm³/mol. The van der Waals surface area contributed by atoms with E-state index in [1.54, 1.807) is 6.07 Å². The van der Waals surface area contributed by atoms with Crippen molar-refractivity contribution in [3.05, 3.63) is 28.1 Å². The maximum absolute atomic E-state index is 12.1. The van der Waals surface area contributed by atoms with Crippen LogP contribution in [-0.4, -0.2) is 45.3 Å². The van der Waals surface area contributed by atoms with Gasteiger partial charge in [0.05, 0.1) is 16.5 Å². The third kappa shape index (κ3) is 4.28. The van der Waals surface area contributed by atoms with Gasteiger partial charge in [-0.05, 0) is 33.3 Å². The van der Waals surface area contributed by atoms with Crippen molar-refractivity contribution in [3.8, 4) is 0 Å². The molecule has 1 fully saturated rings. The van der Waals surface area contributed by atoms with E-state index in [4.69, 9.17) is 9.72 Å². The molecule has 1 aliphatic heterocycles. The summed E-state index contributed by atoms with van der Waals surface area (Å²) in [4.78, 5) is 30.1. The summed E-state index contributed by atoms with van der Waals surface area (Å²) >= 11 is 0. The molecule has 0 unspecified atom stereocenters. The van der Waals surface area contributed by atoms with E-state index in [1.807, 2.05) is 51.1 Å². The molecule has 1 atom stereocenters. The smallest absolute Gasteiger partial charge is 0.407 e. The molecule has 2 heterocycles. The SMILES string of the molecule is CC(C)c1nc2c(N3CC[C@@H](NC(=O)OC(C)(C)C)C3)c([N+](=O)[O-])ccc2n1C. The van der Waals surface area contributed by atoms with Crippen LogP contribution in [-0.2, 0) is 11.8 Å². The maximum atomic E-state index is 12.1. The Kier molecular flexibility index (Phi) is 5.42. The number of alkyl carbamates (subject to hydrolysis) is 1. The average Bonchev–Trinajstić information content (AvgIpc) is 3.17. The predicted octanol–water partition coefficient (Wildman–Crippen LogP) is 3.71. The minimum Gasteiger partial charge on any atom is -0.444 e. The summed E-state index contributed by atoms with van der Waals surface area (Å²) in [6.07, 6.45) is 0.202. The van der Waals surface area contributed by atoms with E-state index in [0.717, 1.165) is 11.3 Å². The Morgan fingerprint density at radius 2 is 2.07 bits per heavy atom. The van der Waals surface area contributed by atoms with E-state index >= 15 is 0 Å². The van der Waals surface area contributed by atoms with Crippen LogP contribution in [0.15, 0.2) is 12.1 Å². The van der Waals surface area contributed by atoms with Gasteiger partial charge in [0.1, 0.15) is 22.6 Å². The van der Waals surface area contributed by atoms with E-state index < -0.39 is 11.7 Å². The lowest BCUT2D eigenvalue weighted by Crippen LogP contribution is -2.40. The standard InChI is InChI=1S/C20H29N5O4/c1-12(2)18-22-16-14(23(18)6)7-8-15(25(27)28)17(16)24-10-9-13(11-24)21-19(26)29-20(3,4)5/h7-8,12-13H,9-11H2,1-6H3,(H,21,26)/t13-/m1/s1. The molecule has 1 N–H and O–H groups in total. The number of benzene rings is 1. The molecule has 1 amide bonds. The van der Waals surface area contributed by atoms with Crippen LogP contribution in [0.2, 0.25) is 0 Å². The van der Waals surface area contributed by atoms with Crippen LogP contribution >= 0.6 is 0 Å². The highest BCUT2D eigenvalue weighted by Gasteiger charge is 2.32. The Balaban J connectivity index is 1.92. The van der Waals surface area contributed by atoms with E-state index in [2.05, 4.69) is 5.32 Å². The topological polar surface area (TPSA) is 103 Å². The van der Waals surface area contributed by atoms with E-state index in [-0.39, 0.29) is 22.6 Å². The number of amides is 1. The van der Waals surface area contributed by atoms with Gasteiger partial charge in [-0.15, -0.1) is 0 Å². The first kappa shape index (κ1) is 20.9. The first-order valence-electron chi connectivity index (χ1n) is 9.86. The summed E-state index contributed by atoms with van der Waals surface area (Å²) in [5, 5.41) is 14.6. The Hall–Kier alpha value is -2.84. The van der Waals surface area contributed by atoms with E-state index in [0.29, 0.717) is 30.7 Å². The van der Waals surface area contributed by atoms with Crippen molar-refractivity contribution in [2.45, 2.75) is 58.6 Å². The zero-order chi connectivity index (χ0) is 21.5. The summed E-state index contributed by atoms with van der Waals surface area (Å²) < 4.78 is 7.31. The second kappa shape index (κ2) is 7.53. The Morgan fingerprint density at radius 1 is 1.38 bits per heavy atom. The lowest BCUT2D eigenvalue weighted by molar-refractivity contribution is -0.384. The fraction of sp³-hybridized carbons (Fsp3) is 0.600. The molecule has 3 rings (SSSR count). The van der Waals surface area contributed by atoms with Gasteiger partial charge in [0.2, 0.25) is 0 Å². The van der Waals surface area contributed by atoms with Crippen molar-refractivity contribution in [2.75, 3.05) is 18.0 Å². The molecule has 9 heteroatoms. The van der Waals surface area contributed by atoms with E-state index in [1.165, 1.54) is 6.07 Å². The summed E-state index contributed by atoms with van der Waals surface area (Å²) in [7, 11) is 1.93. The number of aromatic nitrogens is 2. The largest absolute Gasteiger partial charge is 0.444 e. The van der Waals surface area contributed by atoms with Gasteiger partial charge in [0, 0.05) is 32.1 Å². The van der Waals surface area contributed by atoms with Crippen LogP contribution in [0.4, 0.5) is 16.2 Å². The van der Waals surface area contributed by atoms with Crippen molar-refractivity contribution in [1.82, 2.24) is 14.9 Å². The molecular formula is C20H29N5O4. The van der Waals surface area contributed by atoms with Crippen LogP contribution in [0.5, 0.6) is 0 Å². The molecule has 0 spiro atoms. The third-order valence-electron chi connectivity index (χ3n) is 4.98. The summed E-state index contributed by atoms with van der Waals surface area (Å²) in [6, 6.07) is 3.15. The quantitative estimate of drug-likeness (QED) is 0.617. The highest BCUT2D eigenvalue weighted by atomic mass is 16.6. The zero-order valence-corrected chi connectivity index (χ0v) is 17.9. The molecule has 2 aromatic rings. The summed E-state index contributed by atoms with van der Waals surface area (Å²) in [5.41, 5.74) is 1.46. The van der Waals surface area contributed by atoms with Gasteiger partial charge in [-0.1, -0.05) is 13.8 Å². The van der Waals surface area contributed by atoms with Gasteiger partial charge in [-0.3, -0.25) is 10.1 Å². The van der Waals surface area contributed by atoms with Gasteiger partial charge < -0.3 is 19.5 Å². The Morgan fingerprint density at radius 3 is 2.66 bits per heavy atom. The fourth-order valence-electron chi connectivity index (χ4n) is 3.78. The number of aryl methyl sites for hydroxylation is 1. The number of anilines is 1. The van der Waals surface area contributed by atoms with Gasteiger partial charge in [-0.25, -0.2) is 9.78 Å². The monoisotopic (exact) mass is 403 g/mol. The van der Waals surface area contributed by atoms with Gasteiger partial charge >= 0.3 is 6.09 Å². The Labute approximate surface area is 170 Å². The number of nitrogens with one attached hydrogen (secondary N) is 1. The molecule has 1 saturated heterocycles. The first-order chi connectivity index (χ1) is 13.5. The minimum absolute atomic E-state index is 0.0313. The van der Waals surface area contributed by atoms with Gasteiger partial charge in [0.15, 0.2) is 0 Å². The molecule has 9 nitrogen and oxygen atoms in total. The van der Waals surface area contributed by atoms with Crippen LogP contribution in [0.3, 0.4) is 0 Å². The molecule has 1 aromatic carbocycles. The minimum atomic E-state index is -0.575. The molecule has 158 valence electrons. The second-order valence-corrected chi connectivity index (χ2v) is 8.82. The highest BCUT2D eigenvalue weighted by molar-refractivity contribution is 5.95. The molecule has 0 bridgehead atoms. The zero-order valence-electron chi connectivity index (χ0n) is 17.9. The number of nitro benzene ring substituents is 1. The third-order valence-corrected chi connectivity index (χ3v) is 4.98. The van der Waals surface area contributed by atoms with Gasteiger partial charge in [0.25, 0.3) is 5.69 Å². The number of rotatable bonds is 4. The average molecular weight is 403 g/mol. The van der Waals surface area contributed by atoms with Crippen LogP contribution in [0.1, 0.15) is 52.8 Å².